The molecule has 0 saturated carbocycles. The molecule has 2 atom stereocenters. The van der Waals surface area contributed by atoms with Crippen molar-refractivity contribution in [3.63, 3.8) is 0 Å². The Morgan fingerprint density at radius 3 is 2.77 bits per heavy atom. The van der Waals surface area contributed by atoms with Crippen molar-refractivity contribution in [2.75, 3.05) is 13.1 Å². The summed E-state index contributed by atoms with van der Waals surface area (Å²) in [6, 6.07) is 4.47. The lowest BCUT2D eigenvalue weighted by Crippen LogP contribution is -2.58. The number of amides is 2. The quantitative estimate of drug-likeness (QED) is 0.462. The molecular weight excluding hydrogens is 342 g/mol. The van der Waals surface area contributed by atoms with Crippen LogP contribution in [0.25, 0.3) is 0 Å². The molecule has 1 heterocycles. The van der Waals surface area contributed by atoms with E-state index in [2.05, 4.69) is 5.32 Å². The Labute approximate surface area is 150 Å². The van der Waals surface area contributed by atoms with E-state index in [1.54, 1.807) is 6.92 Å². The van der Waals surface area contributed by atoms with Gasteiger partial charge in [-0.25, -0.2) is 0 Å². The highest BCUT2D eigenvalue weighted by Crippen LogP contribution is 2.22. The minimum Gasteiger partial charge on any atom is -0.463 e. The zero-order chi connectivity index (χ0) is 19.3. The van der Waals surface area contributed by atoms with Crippen molar-refractivity contribution in [3.05, 3.63) is 39.9 Å². The maximum Gasteiger partial charge on any atom is 0.308 e. The van der Waals surface area contributed by atoms with Crippen molar-refractivity contribution in [1.29, 1.82) is 0 Å². The molecule has 2 unspecified atom stereocenters. The van der Waals surface area contributed by atoms with Gasteiger partial charge in [0.05, 0.1) is 17.4 Å². The van der Waals surface area contributed by atoms with Crippen LogP contribution in [0.3, 0.4) is 0 Å². The maximum atomic E-state index is 12.8. The second-order valence-electron chi connectivity index (χ2n) is 5.99. The third kappa shape index (κ3) is 4.35. The Morgan fingerprint density at radius 2 is 2.12 bits per heavy atom. The average Bonchev–Trinajstić information content (AvgIpc) is 2.62. The van der Waals surface area contributed by atoms with Crippen LogP contribution in [0.4, 0.5) is 5.69 Å². The number of esters is 1. The Hall–Kier alpha value is -2.97. The second-order valence-corrected chi connectivity index (χ2v) is 5.99. The number of ether oxygens (including phenoxy) is 1. The Bertz CT molecular complexity index is 720. The molecule has 1 N–H and O–H groups in total. The minimum absolute atomic E-state index is 0.118. The normalized spacial score (nSPS) is 18.0. The summed E-state index contributed by atoms with van der Waals surface area (Å²) < 4.78 is 5.18. The first-order chi connectivity index (χ1) is 12.3. The fourth-order valence-electron chi connectivity index (χ4n) is 2.64. The lowest BCUT2D eigenvalue weighted by molar-refractivity contribution is -0.385. The molecule has 0 spiro atoms. The van der Waals surface area contributed by atoms with Gasteiger partial charge in [-0.1, -0.05) is 19.1 Å². The number of carbonyl (C=O) groups is 3. The third-order valence-corrected chi connectivity index (χ3v) is 4.19. The maximum absolute atomic E-state index is 12.8. The van der Waals surface area contributed by atoms with E-state index in [0.29, 0.717) is 6.42 Å². The average molecular weight is 363 g/mol. The molecule has 0 aliphatic carbocycles. The molecule has 1 aromatic rings. The summed E-state index contributed by atoms with van der Waals surface area (Å²) in [5.74, 6) is -1.74. The molecule has 1 aliphatic heterocycles. The number of piperazine rings is 1. The highest BCUT2D eigenvalue weighted by Gasteiger charge is 2.37. The van der Waals surface area contributed by atoms with E-state index in [0.717, 1.165) is 0 Å². The number of nitro groups is 1. The molecule has 0 aromatic heterocycles. The second kappa shape index (κ2) is 8.41. The van der Waals surface area contributed by atoms with Crippen LogP contribution < -0.4 is 5.32 Å². The number of nitrogens with one attached hydrogen (secondary N) is 1. The van der Waals surface area contributed by atoms with Crippen molar-refractivity contribution in [3.8, 4) is 0 Å². The predicted molar refractivity (Wildman–Crippen MR) is 91.4 cm³/mol. The van der Waals surface area contributed by atoms with Gasteiger partial charge in [0.1, 0.15) is 11.6 Å². The molecule has 1 saturated heterocycles. The zero-order valence-electron chi connectivity index (χ0n) is 14.6. The Kier molecular flexibility index (Phi) is 6.26. The molecule has 1 aromatic carbocycles. The van der Waals surface area contributed by atoms with Crippen molar-refractivity contribution in [2.45, 2.75) is 38.8 Å². The van der Waals surface area contributed by atoms with Gasteiger partial charge in [0.25, 0.3) is 11.6 Å². The summed E-state index contributed by atoms with van der Waals surface area (Å²) >= 11 is 0. The fraction of sp³-hybridized carbons (Fsp3) is 0.471. The number of carbonyl (C=O) groups excluding carboxylic acids is 3. The SMILES string of the molecule is CCC(C)OC(=O)CC1C(=O)NCCN1C(=O)c1ccccc1[N+](=O)[O-]. The van der Waals surface area contributed by atoms with Crippen molar-refractivity contribution in [1.82, 2.24) is 10.2 Å². The molecule has 1 aliphatic rings. The first-order valence-corrected chi connectivity index (χ1v) is 8.36. The molecule has 26 heavy (non-hydrogen) atoms. The zero-order valence-corrected chi connectivity index (χ0v) is 14.6. The van der Waals surface area contributed by atoms with Gasteiger partial charge in [0.2, 0.25) is 5.91 Å². The summed E-state index contributed by atoms with van der Waals surface area (Å²) in [6.45, 7) is 3.95. The summed E-state index contributed by atoms with van der Waals surface area (Å²) in [5, 5.41) is 13.8. The summed E-state index contributed by atoms with van der Waals surface area (Å²) in [4.78, 5) is 48.8. The van der Waals surface area contributed by atoms with Gasteiger partial charge < -0.3 is 15.0 Å². The van der Waals surface area contributed by atoms with Gasteiger partial charge in [-0.05, 0) is 19.4 Å². The van der Waals surface area contributed by atoms with Crippen LogP contribution in [-0.4, -0.2) is 52.8 Å². The first kappa shape index (κ1) is 19.4. The lowest BCUT2D eigenvalue weighted by atomic mass is 10.1. The van der Waals surface area contributed by atoms with Gasteiger partial charge in [0.15, 0.2) is 0 Å². The van der Waals surface area contributed by atoms with Crippen molar-refractivity contribution >= 4 is 23.5 Å². The standard InChI is InChI=1S/C17H21N3O6/c1-3-11(2)26-15(21)10-14-16(22)18-8-9-19(14)17(23)12-6-4-5-7-13(12)20(24)25/h4-7,11,14H,3,8-10H2,1-2H3,(H,18,22). The minimum atomic E-state index is -1.06. The van der Waals surface area contributed by atoms with E-state index in [-0.39, 0.29) is 36.9 Å². The van der Waals surface area contributed by atoms with Crippen LogP contribution in [-0.2, 0) is 14.3 Å². The van der Waals surface area contributed by atoms with Crippen molar-refractivity contribution in [2.24, 2.45) is 0 Å². The van der Waals surface area contributed by atoms with E-state index in [9.17, 15) is 24.5 Å². The number of hydrogen-bond acceptors (Lipinski definition) is 6. The summed E-state index contributed by atoms with van der Waals surface area (Å²) in [7, 11) is 0. The first-order valence-electron chi connectivity index (χ1n) is 8.36. The van der Waals surface area contributed by atoms with E-state index in [1.165, 1.54) is 29.2 Å². The van der Waals surface area contributed by atoms with E-state index in [1.807, 2.05) is 6.92 Å². The van der Waals surface area contributed by atoms with Crippen LogP contribution in [0.2, 0.25) is 0 Å². The molecule has 140 valence electrons. The number of para-hydroxylation sites is 1. The molecular formula is C17H21N3O6. The topological polar surface area (TPSA) is 119 Å². The van der Waals surface area contributed by atoms with E-state index < -0.39 is 28.7 Å². The van der Waals surface area contributed by atoms with Crippen LogP contribution in [0.1, 0.15) is 37.0 Å². The predicted octanol–water partition coefficient (Wildman–Crippen LogP) is 1.27. The highest BCUT2D eigenvalue weighted by molar-refractivity contribution is 6.01. The van der Waals surface area contributed by atoms with Gasteiger partial charge in [-0.3, -0.25) is 24.5 Å². The highest BCUT2D eigenvalue weighted by atomic mass is 16.6. The molecule has 1 fully saturated rings. The number of rotatable bonds is 6. The summed E-state index contributed by atoms with van der Waals surface area (Å²) in [5.41, 5.74) is -0.461. The Morgan fingerprint density at radius 1 is 1.42 bits per heavy atom. The fourth-order valence-corrected chi connectivity index (χ4v) is 2.64. The monoisotopic (exact) mass is 363 g/mol. The van der Waals surface area contributed by atoms with Crippen LogP contribution >= 0.6 is 0 Å². The molecule has 0 bridgehead atoms. The van der Waals surface area contributed by atoms with Crippen LogP contribution in [0.5, 0.6) is 0 Å². The Balaban J connectivity index is 2.24. The molecule has 0 radical (unpaired) electrons. The van der Waals surface area contributed by atoms with E-state index >= 15 is 0 Å². The van der Waals surface area contributed by atoms with E-state index in [4.69, 9.17) is 4.74 Å². The van der Waals surface area contributed by atoms with Gasteiger partial charge in [-0.15, -0.1) is 0 Å². The smallest absolute Gasteiger partial charge is 0.308 e. The lowest BCUT2D eigenvalue weighted by Gasteiger charge is -2.34. The number of benzene rings is 1. The van der Waals surface area contributed by atoms with Gasteiger partial charge in [-0.2, -0.15) is 0 Å². The number of hydrogen-bond donors (Lipinski definition) is 1. The van der Waals surface area contributed by atoms with Gasteiger partial charge in [0, 0.05) is 19.2 Å². The molecule has 9 heteroatoms. The van der Waals surface area contributed by atoms with Crippen LogP contribution in [0, 0.1) is 10.1 Å². The summed E-state index contributed by atoms with van der Waals surface area (Å²) in [6.07, 6.45) is 0.0257. The molecule has 2 amide bonds. The van der Waals surface area contributed by atoms with Crippen molar-refractivity contribution < 1.29 is 24.0 Å². The number of nitrogens with zero attached hydrogens (tertiary/aromatic N) is 2. The van der Waals surface area contributed by atoms with Gasteiger partial charge >= 0.3 is 5.97 Å². The largest absolute Gasteiger partial charge is 0.463 e. The molecule has 2 rings (SSSR count). The van der Waals surface area contributed by atoms with Crippen LogP contribution in [0.15, 0.2) is 24.3 Å². The number of nitro benzene ring substituents is 1. The third-order valence-electron chi connectivity index (χ3n) is 4.19. The molecule has 9 nitrogen and oxygen atoms in total.